The Morgan fingerprint density at radius 2 is 2.12 bits per heavy atom. The summed E-state index contributed by atoms with van der Waals surface area (Å²) < 4.78 is 28.1. The van der Waals surface area contributed by atoms with Crippen LogP contribution in [0.2, 0.25) is 0 Å². The molecule has 1 aliphatic rings. The Morgan fingerprint density at radius 1 is 1.24 bits per heavy atom. The number of halogens is 2. The molecule has 130 valence electrons. The molecule has 6 nitrogen and oxygen atoms in total. The van der Waals surface area contributed by atoms with Crippen molar-refractivity contribution in [2.24, 2.45) is 5.92 Å². The number of fused-ring (bicyclic) bond motifs is 1. The number of anilines is 1. The lowest BCUT2D eigenvalue weighted by molar-refractivity contribution is 0.146. The van der Waals surface area contributed by atoms with Gasteiger partial charge in [-0.15, -0.1) is 0 Å². The Kier molecular flexibility index (Phi) is 4.03. The molecule has 1 fully saturated rings. The second kappa shape index (κ2) is 6.34. The monoisotopic (exact) mass is 344 g/mol. The van der Waals surface area contributed by atoms with Crippen molar-refractivity contribution in [1.29, 1.82) is 0 Å². The maximum atomic E-state index is 13.2. The molecule has 0 unspecified atom stereocenters. The van der Waals surface area contributed by atoms with Crippen molar-refractivity contribution in [2.45, 2.75) is 25.7 Å². The highest BCUT2D eigenvalue weighted by Crippen LogP contribution is 2.34. The van der Waals surface area contributed by atoms with Gasteiger partial charge in [0.25, 0.3) is 12.2 Å². The van der Waals surface area contributed by atoms with Crippen LogP contribution in [0.3, 0.4) is 0 Å². The average Bonchev–Trinajstić information content (AvgIpc) is 3.11. The maximum absolute atomic E-state index is 13.2. The van der Waals surface area contributed by atoms with Crippen LogP contribution in [0.4, 0.5) is 14.6 Å². The molecular weight excluding hydrogens is 326 g/mol. The molecule has 0 spiro atoms. The van der Waals surface area contributed by atoms with Gasteiger partial charge in [-0.2, -0.15) is 10.1 Å². The summed E-state index contributed by atoms with van der Waals surface area (Å²) >= 11 is 0. The summed E-state index contributed by atoms with van der Waals surface area (Å²) in [5.74, 6) is 1.49. The predicted octanol–water partition coefficient (Wildman–Crippen LogP) is 3.09. The molecule has 3 aromatic heterocycles. The third-order valence-electron chi connectivity index (χ3n) is 4.83. The van der Waals surface area contributed by atoms with Crippen LogP contribution >= 0.6 is 0 Å². The minimum atomic E-state index is -2.63. The fourth-order valence-corrected chi connectivity index (χ4v) is 3.43. The fraction of sp³-hybridized carbons (Fsp3) is 0.412. The first-order valence-corrected chi connectivity index (χ1v) is 8.28. The van der Waals surface area contributed by atoms with Gasteiger partial charge in [0.2, 0.25) is 0 Å². The Bertz CT molecular complexity index is 866. The fourth-order valence-electron chi connectivity index (χ4n) is 3.43. The molecule has 0 aliphatic carbocycles. The molecule has 2 atom stereocenters. The van der Waals surface area contributed by atoms with Crippen molar-refractivity contribution in [3.63, 3.8) is 0 Å². The van der Waals surface area contributed by atoms with E-state index in [0.29, 0.717) is 12.5 Å². The van der Waals surface area contributed by atoms with Gasteiger partial charge in [0.15, 0.2) is 0 Å². The van der Waals surface area contributed by atoms with Crippen molar-refractivity contribution in [2.75, 3.05) is 18.0 Å². The van der Waals surface area contributed by atoms with E-state index >= 15 is 0 Å². The van der Waals surface area contributed by atoms with Gasteiger partial charge in [-0.1, -0.05) is 13.0 Å². The van der Waals surface area contributed by atoms with Gasteiger partial charge in [0, 0.05) is 25.2 Å². The van der Waals surface area contributed by atoms with E-state index in [4.69, 9.17) is 0 Å². The first-order valence-electron chi connectivity index (χ1n) is 8.28. The Morgan fingerprint density at radius 3 is 2.88 bits per heavy atom. The SMILES string of the molecule is C[C@@H]1CCN(c2ccccn2)C[C@H]1c1cc(C(F)F)nc2ncnn12. The van der Waals surface area contributed by atoms with Crippen LogP contribution in [0.25, 0.3) is 5.78 Å². The molecule has 0 saturated carbocycles. The zero-order valence-corrected chi connectivity index (χ0v) is 13.8. The van der Waals surface area contributed by atoms with E-state index in [1.54, 1.807) is 10.7 Å². The van der Waals surface area contributed by atoms with E-state index in [1.807, 2.05) is 18.2 Å². The largest absolute Gasteiger partial charge is 0.356 e. The smallest absolute Gasteiger partial charge is 0.280 e. The van der Waals surface area contributed by atoms with Gasteiger partial charge in [-0.05, 0) is 30.5 Å². The summed E-state index contributed by atoms with van der Waals surface area (Å²) in [5.41, 5.74) is 0.476. The van der Waals surface area contributed by atoms with Gasteiger partial charge >= 0.3 is 0 Å². The predicted molar refractivity (Wildman–Crippen MR) is 88.7 cm³/mol. The summed E-state index contributed by atoms with van der Waals surface area (Å²) in [5, 5.41) is 4.19. The van der Waals surface area contributed by atoms with E-state index in [1.165, 1.54) is 12.4 Å². The molecule has 0 amide bonds. The van der Waals surface area contributed by atoms with Gasteiger partial charge in [-0.25, -0.2) is 23.3 Å². The number of hydrogen-bond acceptors (Lipinski definition) is 5. The van der Waals surface area contributed by atoms with Gasteiger partial charge in [0.1, 0.15) is 17.8 Å². The second-order valence-corrected chi connectivity index (χ2v) is 6.38. The molecule has 1 aliphatic heterocycles. The molecule has 4 heterocycles. The Labute approximate surface area is 143 Å². The topological polar surface area (TPSA) is 59.2 Å². The maximum Gasteiger partial charge on any atom is 0.280 e. The van der Waals surface area contributed by atoms with Crippen LogP contribution in [0.15, 0.2) is 36.8 Å². The van der Waals surface area contributed by atoms with Crippen LogP contribution in [0.5, 0.6) is 0 Å². The molecule has 0 aromatic carbocycles. The molecule has 8 heteroatoms. The highest BCUT2D eigenvalue weighted by atomic mass is 19.3. The molecule has 25 heavy (non-hydrogen) atoms. The number of rotatable bonds is 3. The standard InChI is InChI=1S/C17H18F2N6/c1-11-5-7-24(15-4-2-3-6-20-15)9-12(11)14-8-13(16(18)19)23-17-21-10-22-25(14)17/h2-4,6,8,10-12,16H,5,7,9H2,1H3/t11-,12-/m1/s1. The van der Waals surface area contributed by atoms with Crippen LogP contribution in [0.1, 0.15) is 37.1 Å². The van der Waals surface area contributed by atoms with Gasteiger partial charge in [-0.3, -0.25) is 0 Å². The molecular formula is C17H18F2N6. The van der Waals surface area contributed by atoms with E-state index < -0.39 is 6.43 Å². The van der Waals surface area contributed by atoms with E-state index in [-0.39, 0.29) is 17.4 Å². The third-order valence-corrected chi connectivity index (χ3v) is 4.83. The molecule has 0 radical (unpaired) electrons. The first-order chi connectivity index (χ1) is 12.1. The zero-order chi connectivity index (χ0) is 17.4. The van der Waals surface area contributed by atoms with Crippen molar-refractivity contribution in [3.05, 3.63) is 48.2 Å². The van der Waals surface area contributed by atoms with Gasteiger partial charge < -0.3 is 4.90 Å². The van der Waals surface area contributed by atoms with E-state index in [9.17, 15) is 8.78 Å². The zero-order valence-electron chi connectivity index (χ0n) is 13.8. The Balaban J connectivity index is 1.74. The number of hydrogen-bond donors (Lipinski definition) is 0. The molecule has 3 aromatic rings. The summed E-state index contributed by atoms with van der Waals surface area (Å²) in [6.45, 7) is 3.73. The molecule has 0 bridgehead atoms. The second-order valence-electron chi connectivity index (χ2n) is 6.38. The van der Waals surface area contributed by atoms with Crippen molar-refractivity contribution < 1.29 is 8.78 Å². The minimum Gasteiger partial charge on any atom is -0.356 e. The third kappa shape index (κ3) is 2.92. The van der Waals surface area contributed by atoms with Crippen LogP contribution in [-0.4, -0.2) is 37.7 Å². The van der Waals surface area contributed by atoms with Crippen LogP contribution in [0, 0.1) is 5.92 Å². The van der Waals surface area contributed by atoms with Crippen molar-refractivity contribution in [1.82, 2.24) is 24.6 Å². The summed E-state index contributed by atoms with van der Waals surface area (Å²) in [6, 6.07) is 7.27. The Hall–Kier alpha value is -2.64. The number of piperidine rings is 1. The number of pyridine rings is 1. The quantitative estimate of drug-likeness (QED) is 0.731. The summed E-state index contributed by atoms with van der Waals surface area (Å²) in [7, 11) is 0. The van der Waals surface area contributed by atoms with Gasteiger partial charge in [0.05, 0.1) is 5.69 Å². The lowest BCUT2D eigenvalue weighted by Crippen LogP contribution is -2.39. The summed E-state index contributed by atoms with van der Waals surface area (Å²) in [6.07, 6.45) is 1.43. The highest BCUT2D eigenvalue weighted by molar-refractivity contribution is 5.40. The average molecular weight is 344 g/mol. The highest BCUT2D eigenvalue weighted by Gasteiger charge is 2.31. The molecule has 0 N–H and O–H groups in total. The number of nitrogens with zero attached hydrogens (tertiary/aromatic N) is 6. The number of alkyl halides is 2. The van der Waals surface area contributed by atoms with Crippen LogP contribution in [-0.2, 0) is 0 Å². The van der Waals surface area contributed by atoms with Crippen molar-refractivity contribution in [3.8, 4) is 0 Å². The lowest BCUT2D eigenvalue weighted by Gasteiger charge is -2.38. The number of aromatic nitrogens is 5. The first kappa shape index (κ1) is 15.9. The lowest BCUT2D eigenvalue weighted by atomic mass is 9.84. The summed E-state index contributed by atoms with van der Waals surface area (Å²) in [4.78, 5) is 14.5. The minimum absolute atomic E-state index is 0.0421. The van der Waals surface area contributed by atoms with Crippen molar-refractivity contribution >= 4 is 11.6 Å². The van der Waals surface area contributed by atoms with E-state index in [2.05, 4.69) is 31.9 Å². The molecule has 4 rings (SSSR count). The normalized spacial score (nSPS) is 21.2. The molecule has 1 saturated heterocycles. The van der Waals surface area contributed by atoms with Crippen LogP contribution < -0.4 is 4.90 Å². The van der Waals surface area contributed by atoms with E-state index in [0.717, 1.165) is 24.5 Å².